The molecule has 2 unspecified atom stereocenters. The van der Waals surface area contributed by atoms with Crippen LogP contribution in [0.4, 0.5) is 0 Å². The average molecular weight is 257 g/mol. The fraction of sp³-hybridized carbons (Fsp3) is 0.923. The maximum Gasteiger partial charge on any atom is 0.144 e. The quantitative estimate of drug-likeness (QED) is 0.197. The molecule has 1 saturated carbocycles. The molecule has 0 spiro atoms. The van der Waals surface area contributed by atoms with Crippen molar-refractivity contribution >= 4 is 5.84 Å². The van der Waals surface area contributed by atoms with Gasteiger partial charge in [0.15, 0.2) is 0 Å². The Hall–Kier alpha value is -0.810. The van der Waals surface area contributed by atoms with Crippen molar-refractivity contribution in [3.8, 4) is 0 Å². The molecule has 0 saturated heterocycles. The number of aliphatic hydroxyl groups is 1. The molecule has 5 heteroatoms. The fourth-order valence-corrected chi connectivity index (χ4v) is 2.36. The highest BCUT2D eigenvalue weighted by Crippen LogP contribution is 2.21. The van der Waals surface area contributed by atoms with Gasteiger partial charge in [-0.25, -0.2) is 0 Å². The van der Waals surface area contributed by atoms with Crippen LogP contribution in [-0.4, -0.2) is 34.8 Å². The predicted octanol–water partition coefficient (Wildman–Crippen LogP) is 1.43. The Kier molecular flexibility index (Phi) is 5.88. The predicted molar refractivity (Wildman–Crippen MR) is 72.7 cm³/mol. The molecule has 0 bridgehead atoms. The van der Waals surface area contributed by atoms with Crippen LogP contribution in [0.5, 0.6) is 0 Å². The van der Waals surface area contributed by atoms with Gasteiger partial charge in [0.1, 0.15) is 5.84 Å². The molecular weight excluding hydrogens is 230 g/mol. The Labute approximate surface area is 109 Å². The number of nitrogens with two attached hydrogens (primary N) is 1. The minimum Gasteiger partial charge on any atom is -0.409 e. The van der Waals surface area contributed by atoms with E-state index in [0.717, 1.165) is 32.2 Å². The van der Waals surface area contributed by atoms with E-state index in [2.05, 4.69) is 10.5 Å². The summed E-state index contributed by atoms with van der Waals surface area (Å²) in [6, 6.07) is 0.190. The largest absolute Gasteiger partial charge is 0.409 e. The molecule has 1 aliphatic rings. The van der Waals surface area contributed by atoms with E-state index in [1.54, 1.807) is 0 Å². The van der Waals surface area contributed by atoms with E-state index >= 15 is 0 Å². The van der Waals surface area contributed by atoms with Crippen molar-refractivity contribution in [1.82, 2.24) is 5.32 Å². The molecule has 0 amide bonds. The van der Waals surface area contributed by atoms with Crippen LogP contribution in [0.3, 0.4) is 0 Å². The highest BCUT2D eigenvalue weighted by Gasteiger charge is 2.25. The molecule has 1 rings (SSSR count). The average Bonchev–Trinajstić information content (AvgIpc) is 2.53. The second-order valence-electron chi connectivity index (χ2n) is 5.89. The van der Waals surface area contributed by atoms with Crippen molar-refractivity contribution in [1.29, 1.82) is 0 Å². The van der Waals surface area contributed by atoms with Gasteiger partial charge in [-0.05, 0) is 25.8 Å². The van der Waals surface area contributed by atoms with Crippen molar-refractivity contribution in [3.05, 3.63) is 0 Å². The molecule has 18 heavy (non-hydrogen) atoms. The topological polar surface area (TPSA) is 90.9 Å². The van der Waals surface area contributed by atoms with Crippen LogP contribution < -0.4 is 11.1 Å². The van der Waals surface area contributed by atoms with E-state index in [1.807, 2.05) is 13.8 Å². The van der Waals surface area contributed by atoms with Crippen molar-refractivity contribution in [2.24, 2.45) is 16.3 Å². The highest BCUT2D eigenvalue weighted by molar-refractivity contribution is 5.85. The Morgan fingerprint density at radius 1 is 1.33 bits per heavy atom. The second-order valence-corrected chi connectivity index (χ2v) is 5.89. The van der Waals surface area contributed by atoms with Crippen LogP contribution in [0.1, 0.15) is 52.4 Å². The van der Waals surface area contributed by atoms with Crippen LogP contribution in [-0.2, 0) is 0 Å². The molecule has 0 aromatic rings. The molecule has 0 aliphatic heterocycles. The molecule has 5 N–H and O–H groups in total. The van der Waals surface area contributed by atoms with Gasteiger partial charge < -0.3 is 21.4 Å². The van der Waals surface area contributed by atoms with Gasteiger partial charge in [0.25, 0.3) is 0 Å². The zero-order chi connectivity index (χ0) is 13.6. The van der Waals surface area contributed by atoms with E-state index < -0.39 is 0 Å². The highest BCUT2D eigenvalue weighted by atomic mass is 16.4. The first-order valence-corrected chi connectivity index (χ1v) is 6.87. The monoisotopic (exact) mass is 257 g/mol. The smallest absolute Gasteiger partial charge is 0.144 e. The van der Waals surface area contributed by atoms with Gasteiger partial charge in [-0.1, -0.05) is 38.3 Å². The van der Waals surface area contributed by atoms with Crippen LogP contribution in [0.15, 0.2) is 5.16 Å². The van der Waals surface area contributed by atoms with Gasteiger partial charge >= 0.3 is 0 Å². The summed E-state index contributed by atoms with van der Waals surface area (Å²) in [6.45, 7) is 4.67. The molecule has 0 radical (unpaired) electrons. The van der Waals surface area contributed by atoms with Crippen LogP contribution in [0.2, 0.25) is 0 Å². The zero-order valence-electron chi connectivity index (χ0n) is 11.5. The lowest BCUT2D eigenvalue weighted by atomic mass is 9.88. The van der Waals surface area contributed by atoms with Gasteiger partial charge in [0, 0.05) is 11.5 Å². The second kappa shape index (κ2) is 6.95. The van der Waals surface area contributed by atoms with Crippen LogP contribution >= 0.6 is 0 Å². The maximum atomic E-state index is 9.98. The third-order valence-corrected chi connectivity index (χ3v) is 3.94. The standard InChI is InChI=1S/C13H27N3O2/c1-13(2,12(14)16-18)8-9-15-10-6-4-3-5-7-11(10)17/h10-11,15,17-18H,3-9H2,1-2H3,(H2,14,16). The number of rotatable bonds is 5. The first-order chi connectivity index (χ1) is 8.47. The number of amidine groups is 1. The third kappa shape index (κ3) is 4.46. The lowest BCUT2D eigenvalue weighted by molar-refractivity contribution is 0.119. The number of hydrogen-bond donors (Lipinski definition) is 4. The van der Waals surface area contributed by atoms with Gasteiger partial charge in [0.05, 0.1) is 6.10 Å². The van der Waals surface area contributed by atoms with E-state index in [4.69, 9.17) is 10.9 Å². The third-order valence-electron chi connectivity index (χ3n) is 3.94. The summed E-state index contributed by atoms with van der Waals surface area (Å²) >= 11 is 0. The first-order valence-electron chi connectivity index (χ1n) is 6.87. The Balaban J connectivity index is 2.36. The number of oxime groups is 1. The van der Waals surface area contributed by atoms with E-state index in [-0.39, 0.29) is 23.4 Å². The molecule has 2 atom stereocenters. The Morgan fingerprint density at radius 3 is 2.67 bits per heavy atom. The Bertz CT molecular complexity index is 279. The summed E-state index contributed by atoms with van der Waals surface area (Å²) in [5, 5.41) is 25.2. The molecule has 1 aliphatic carbocycles. The van der Waals surface area contributed by atoms with Gasteiger partial charge in [0.2, 0.25) is 0 Å². The van der Waals surface area contributed by atoms with E-state index in [0.29, 0.717) is 0 Å². The summed E-state index contributed by atoms with van der Waals surface area (Å²) in [4.78, 5) is 0. The van der Waals surface area contributed by atoms with Gasteiger partial charge in [-0.3, -0.25) is 0 Å². The normalized spacial score (nSPS) is 26.9. The van der Waals surface area contributed by atoms with Crippen molar-refractivity contribution in [2.45, 2.75) is 64.5 Å². The molecule has 5 nitrogen and oxygen atoms in total. The Morgan fingerprint density at radius 2 is 2.00 bits per heavy atom. The van der Waals surface area contributed by atoms with Crippen LogP contribution in [0, 0.1) is 5.41 Å². The van der Waals surface area contributed by atoms with Gasteiger partial charge in [-0.2, -0.15) is 0 Å². The first kappa shape index (κ1) is 15.2. The lowest BCUT2D eigenvalue weighted by Crippen LogP contribution is -2.42. The summed E-state index contributed by atoms with van der Waals surface area (Å²) in [6.07, 6.45) is 5.98. The molecule has 0 heterocycles. The van der Waals surface area contributed by atoms with Crippen molar-refractivity contribution in [2.75, 3.05) is 6.54 Å². The number of aliphatic hydroxyl groups excluding tert-OH is 1. The summed E-state index contributed by atoms with van der Waals surface area (Å²) in [5.74, 6) is 0.255. The maximum absolute atomic E-state index is 9.98. The molecular formula is C13H27N3O2. The number of nitrogens with zero attached hydrogens (tertiary/aromatic N) is 1. The minimum absolute atomic E-state index is 0.190. The molecule has 0 aromatic heterocycles. The lowest BCUT2D eigenvalue weighted by Gasteiger charge is -2.26. The number of hydrogen-bond acceptors (Lipinski definition) is 4. The van der Waals surface area contributed by atoms with E-state index in [1.165, 1.54) is 12.8 Å². The fourth-order valence-electron chi connectivity index (χ4n) is 2.36. The van der Waals surface area contributed by atoms with Crippen molar-refractivity contribution in [3.63, 3.8) is 0 Å². The zero-order valence-corrected chi connectivity index (χ0v) is 11.5. The summed E-state index contributed by atoms with van der Waals surface area (Å²) < 4.78 is 0. The molecule has 106 valence electrons. The van der Waals surface area contributed by atoms with Crippen molar-refractivity contribution < 1.29 is 10.3 Å². The minimum atomic E-state index is -0.322. The number of nitrogens with one attached hydrogen (secondary N) is 1. The van der Waals surface area contributed by atoms with Gasteiger partial charge in [-0.15, -0.1) is 0 Å². The summed E-state index contributed by atoms with van der Waals surface area (Å²) in [7, 11) is 0. The summed E-state index contributed by atoms with van der Waals surface area (Å²) in [5.41, 5.74) is 5.32. The SMILES string of the molecule is CC(C)(CCNC1CCCCCC1O)C(N)=NO. The van der Waals surface area contributed by atoms with E-state index in [9.17, 15) is 5.11 Å². The molecule has 0 aromatic carbocycles. The van der Waals surface area contributed by atoms with Crippen LogP contribution in [0.25, 0.3) is 0 Å². The molecule has 1 fully saturated rings.